The van der Waals surface area contributed by atoms with Gasteiger partial charge in [-0.2, -0.15) is 0 Å². The molecular weight excluding hydrogens is 298 g/mol. The Balaban J connectivity index is 2.01. The van der Waals surface area contributed by atoms with E-state index in [0.717, 1.165) is 22.5 Å². The smallest absolute Gasteiger partial charge is 0.276 e. The Kier molecular flexibility index (Phi) is 3.62. The Labute approximate surface area is 133 Å². The topological polar surface area (TPSA) is 46.4 Å². The molecule has 0 spiro atoms. The van der Waals surface area contributed by atoms with E-state index in [9.17, 15) is 4.79 Å². The fraction of sp³-hybridized carbons (Fsp3) is 0.176. The number of aryl methyl sites for hydroxylation is 3. The van der Waals surface area contributed by atoms with Gasteiger partial charge in [0.15, 0.2) is 5.69 Å². The van der Waals surface area contributed by atoms with Crippen LogP contribution in [0.1, 0.15) is 27.4 Å². The molecule has 1 amide bonds. The van der Waals surface area contributed by atoms with E-state index in [1.54, 1.807) is 0 Å². The molecule has 112 valence electrons. The molecule has 0 radical (unpaired) electrons. The van der Waals surface area contributed by atoms with Gasteiger partial charge in [-0.3, -0.25) is 4.79 Å². The second-order valence-electron chi connectivity index (χ2n) is 5.36. The maximum Gasteiger partial charge on any atom is 0.276 e. The fourth-order valence-electron chi connectivity index (χ4n) is 2.61. The number of hydrogen-bond donors (Lipinski definition) is 1. The zero-order valence-corrected chi connectivity index (χ0v) is 13.4. The van der Waals surface area contributed by atoms with Crippen molar-refractivity contribution < 1.29 is 4.79 Å². The van der Waals surface area contributed by atoms with Gasteiger partial charge >= 0.3 is 0 Å². The van der Waals surface area contributed by atoms with Crippen molar-refractivity contribution in [1.82, 2.24) is 9.38 Å². The second-order valence-corrected chi connectivity index (χ2v) is 5.76. The summed E-state index contributed by atoms with van der Waals surface area (Å²) in [5.41, 5.74) is 3.79. The van der Waals surface area contributed by atoms with Crippen LogP contribution in [0.2, 0.25) is 5.02 Å². The van der Waals surface area contributed by atoms with Crippen LogP contribution in [0.5, 0.6) is 0 Å². The number of nitrogens with one attached hydrogen (secondary N) is 1. The summed E-state index contributed by atoms with van der Waals surface area (Å²) in [6, 6.07) is 9.49. The summed E-state index contributed by atoms with van der Waals surface area (Å²) >= 11 is 6.25. The number of aromatic nitrogens is 2. The molecule has 2 aromatic heterocycles. The number of halogens is 1. The van der Waals surface area contributed by atoms with Crippen LogP contribution in [0.3, 0.4) is 0 Å². The monoisotopic (exact) mass is 313 g/mol. The number of amides is 1. The first-order chi connectivity index (χ1) is 10.5. The van der Waals surface area contributed by atoms with E-state index in [0.29, 0.717) is 16.4 Å². The summed E-state index contributed by atoms with van der Waals surface area (Å²) in [6.45, 7) is 5.76. The summed E-state index contributed by atoms with van der Waals surface area (Å²) in [7, 11) is 0. The van der Waals surface area contributed by atoms with E-state index in [1.807, 2.05) is 61.7 Å². The van der Waals surface area contributed by atoms with E-state index in [1.165, 1.54) is 0 Å². The van der Waals surface area contributed by atoms with Crippen molar-refractivity contribution >= 4 is 28.7 Å². The average Bonchev–Trinajstić information content (AvgIpc) is 2.80. The molecule has 0 aliphatic heterocycles. The number of imidazole rings is 1. The number of nitrogens with zero attached hydrogens (tertiary/aromatic N) is 2. The maximum absolute atomic E-state index is 12.6. The lowest BCUT2D eigenvalue weighted by Crippen LogP contribution is -2.14. The van der Waals surface area contributed by atoms with Crippen molar-refractivity contribution in [2.24, 2.45) is 0 Å². The third-order valence-corrected chi connectivity index (χ3v) is 3.91. The molecule has 0 aliphatic carbocycles. The predicted molar refractivity (Wildman–Crippen MR) is 88.8 cm³/mol. The summed E-state index contributed by atoms with van der Waals surface area (Å²) in [4.78, 5) is 17.0. The van der Waals surface area contributed by atoms with Crippen LogP contribution in [0.25, 0.3) is 5.52 Å². The van der Waals surface area contributed by atoms with E-state index >= 15 is 0 Å². The lowest BCUT2D eigenvalue weighted by atomic mass is 10.1. The van der Waals surface area contributed by atoms with Crippen molar-refractivity contribution in [1.29, 1.82) is 0 Å². The standard InChI is InChI=1S/C17H16ClN3O/c1-10-8-11(2)15(13(18)9-10)20-17(22)16-14-6-4-5-7-21(14)12(3)19-16/h4-9H,1-3H3,(H,20,22). The molecule has 3 aromatic rings. The molecule has 0 atom stereocenters. The molecule has 0 saturated carbocycles. The molecule has 0 unspecified atom stereocenters. The number of carbonyl (C=O) groups excluding carboxylic acids is 1. The van der Waals surface area contributed by atoms with Gasteiger partial charge in [-0.25, -0.2) is 4.98 Å². The fourth-order valence-corrected chi connectivity index (χ4v) is 2.97. The molecule has 4 nitrogen and oxygen atoms in total. The number of fused-ring (bicyclic) bond motifs is 1. The van der Waals surface area contributed by atoms with Crippen molar-refractivity contribution in [2.75, 3.05) is 5.32 Å². The Hall–Kier alpha value is -2.33. The third-order valence-electron chi connectivity index (χ3n) is 3.61. The summed E-state index contributed by atoms with van der Waals surface area (Å²) in [6.07, 6.45) is 1.89. The lowest BCUT2D eigenvalue weighted by Gasteiger charge is -2.10. The Morgan fingerprint density at radius 1 is 1.23 bits per heavy atom. The van der Waals surface area contributed by atoms with Gasteiger partial charge < -0.3 is 9.72 Å². The maximum atomic E-state index is 12.6. The molecule has 1 aromatic carbocycles. The first-order valence-corrected chi connectivity index (χ1v) is 7.37. The summed E-state index contributed by atoms with van der Waals surface area (Å²) in [5, 5.41) is 3.41. The predicted octanol–water partition coefficient (Wildman–Crippen LogP) is 4.17. The van der Waals surface area contributed by atoms with Crippen LogP contribution < -0.4 is 5.32 Å². The summed E-state index contributed by atoms with van der Waals surface area (Å²) < 4.78 is 1.89. The van der Waals surface area contributed by atoms with Crippen LogP contribution in [0, 0.1) is 20.8 Å². The Morgan fingerprint density at radius 2 is 2.00 bits per heavy atom. The minimum absolute atomic E-state index is 0.259. The SMILES string of the molecule is Cc1cc(C)c(NC(=O)c2nc(C)n3ccccc23)c(Cl)c1. The normalized spacial score (nSPS) is 10.9. The number of carbonyl (C=O) groups is 1. The van der Waals surface area contributed by atoms with E-state index < -0.39 is 0 Å². The molecule has 5 heteroatoms. The highest BCUT2D eigenvalue weighted by molar-refractivity contribution is 6.34. The highest BCUT2D eigenvalue weighted by Gasteiger charge is 2.17. The van der Waals surface area contributed by atoms with Crippen LogP contribution in [0.15, 0.2) is 36.5 Å². The van der Waals surface area contributed by atoms with Crippen molar-refractivity contribution in [2.45, 2.75) is 20.8 Å². The number of rotatable bonds is 2. The first kappa shape index (κ1) is 14.6. The highest BCUT2D eigenvalue weighted by atomic mass is 35.5. The number of anilines is 1. The van der Waals surface area contributed by atoms with Gasteiger partial charge in [0.2, 0.25) is 0 Å². The number of benzene rings is 1. The molecule has 1 N–H and O–H groups in total. The molecule has 2 heterocycles. The van der Waals surface area contributed by atoms with E-state index in [2.05, 4.69) is 10.3 Å². The number of pyridine rings is 1. The molecule has 3 rings (SSSR count). The quantitative estimate of drug-likeness (QED) is 0.772. The van der Waals surface area contributed by atoms with E-state index in [-0.39, 0.29) is 5.91 Å². The Morgan fingerprint density at radius 3 is 2.73 bits per heavy atom. The Bertz CT molecular complexity index is 860. The van der Waals surface area contributed by atoms with Crippen molar-refractivity contribution in [3.05, 3.63) is 64.2 Å². The minimum Gasteiger partial charge on any atom is -0.319 e. The molecule has 0 bridgehead atoms. The third kappa shape index (κ3) is 2.46. The van der Waals surface area contributed by atoms with Gasteiger partial charge in [-0.1, -0.05) is 23.7 Å². The number of hydrogen-bond acceptors (Lipinski definition) is 2. The van der Waals surface area contributed by atoms with Gasteiger partial charge in [-0.05, 0) is 50.1 Å². The van der Waals surface area contributed by atoms with Gasteiger partial charge in [0.25, 0.3) is 5.91 Å². The second kappa shape index (κ2) is 5.46. The summed E-state index contributed by atoms with van der Waals surface area (Å²) in [5.74, 6) is 0.512. The van der Waals surface area contributed by atoms with Gasteiger partial charge in [0.05, 0.1) is 16.2 Å². The average molecular weight is 314 g/mol. The molecule has 0 saturated heterocycles. The first-order valence-electron chi connectivity index (χ1n) is 6.99. The van der Waals surface area contributed by atoms with Crippen molar-refractivity contribution in [3.8, 4) is 0 Å². The lowest BCUT2D eigenvalue weighted by molar-refractivity contribution is 0.102. The van der Waals surface area contributed by atoms with Gasteiger partial charge in [0, 0.05) is 6.20 Å². The molecule has 22 heavy (non-hydrogen) atoms. The van der Waals surface area contributed by atoms with Crippen LogP contribution in [-0.4, -0.2) is 15.3 Å². The van der Waals surface area contributed by atoms with Crippen LogP contribution in [0.4, 0.5) is 5.69 Å². The molecule has 0 aliphatic rings. The van der Waals surface area contributed by atoms with Gasteiger partial charge in [0.1, 0.15) is 5.82 Å². The molecular formula is C17H16ClN3O. The largest absolute Gasteiger partial charge is 0.319 e. The van der Waals surface area contributed by atoms with Gasteiger partial charge in [-0.15, -0.1) is 0 Å². The highest BCUT2D eigenvalue weighted by Crippen LogP contribution is 2.28. The van der Waals surface area contributed by atoms with Crippen molar-refractivity contribution in [3.63, 3.8) is 0 Å². The zero-order valence-electron chi connectivity index (χ0n) is 12.6. The van der Waals surface area contributed by atoms with Crippen LogP contribution >= 0.6 is 11.6 Å². The zero-order chi connectivity index (χ0) is 15.9. The molecule has 0 fully saturated rings. The van der Waals surface area contributed by atoms with Crippen LogP contribution in [-0.2, 0) is 0 Å². The van der Waals surface area contributed by atoms with E-state index in [4.69, 9.17) is 11.6 Å². The minimum atomic E-state index is -0.259.